The van der Waals surface area contributed by atoms with Crippen molar-refractivity contribution in [1.29, 1.82) is 0 Å². The molecule has 0 bridgehead atoms. The number of rotatable bonds is 8. The maximum Gasteiger partial charge on any atom is 0.191 e. The molecule has 1 aliphatic heterocycles. The Hall–Kier alpha value is -1.22. The van der Waals surface area contributed by atoms with Gasteiger partial charge in [-0.2, -0.15) is 0 Å². The van der Waals surface area contributed by atoms with Gasteiger partial charge in [0.1, 0.15) is 11.5 Å². The van der Waals surface area contributed by atoms with Gasteiger partial charge in [0, 0.05) is 25.7 Å². The van der Waals surface area contributed by atoms with Crippen molar-refractivity contribution in [3.63, 3.8) is 0 Å². The molecule has 0 amide bonds. The molecule has 1 aromatic carbocycles. The van der Waals surface area contributed by atoms with Crippen molar-refractivity contribution in [2.75, 3.05) is 46.4 Å². The lowest BCUT2D eigenvalue weighted by Gasteiger charge is -2.25. The molecule has 1 fully saturated rings. The van der Waals surface area contributed by atoms with Crippen molar-refractivity contribution >= 4 is 29.9 Å². The summed E-state index contributed by atoms with van der Waals surface area (Å²) in [5, 5.41) is 16.6. The van der Waals surface area contributed by atoms with Gasteiger partial charge in [-0.3, -0.25) is 4.99 Å². The molecule has 7 heteroatoms. The molecule has 6 nitrogen and oxygen atoms in total. The summed E-state index contributed by atoms with van der Waals surface area (Å²) < 4.78 is 5.11. The number of methoxy groups -OCH3 is 1. The second-order valence-electron chi connectivity index (χ2n) is 6.33. The predicted octanol–water partition coefficient (Wildman–Crippen LogP) is 2.60. The zero-order valence-corrected chi connectivity index (χ0v) is 18.3. The maximum absolute atomic E-state index is 10.0. The number of hydrogen-bond acceptors (Lipinski definition) is 4. The zero-order chi connectivity index (χ0) is 17.9. The Morgan fingerprint density at radius 2 is 2.00 bits per heavy atom. The van der Waals surface area contributed by atoms with E-state index in [-0.39, 0.29) is 29.7 Å². The monoisotopic (exact) mass is 476 g/mol. The minimum Gasteiger partial charge on any atom is -0.508 e. The van der Waals surface area contributed by atoms with Crippen LogP contribution in [-0.4, -0.2) is 62.3 Å². The molecular formula is C19H33IN4O2. The lowest BCUT2D eigenvalue weighted by Crippen LogP contribution is -2.39. The predicted molar refractivity (Wildman–Crippen MR) is 118 cm³/mol. The van der Waals surface area contributed by atoms with Crippen LogP contribution in [0.15, 0.2) is 23.2 Å². The highest BCUT2D eigenvalue weighted by molar-refractivity contribution is 14.0. The molecule has 1 aromatic rings. The topological polar surface area (TPSA) is 69.1 Å². The zero-order valence-electron chi connectivity index (χ0n) is 16.0. The number of aromatic hydroxyl groups is 1. The number of benzene rings is 1. The molecule has 0 atom stereocenters. The first-order chi connectivity index (χ1) is 12.2. The number of phenolic OH excluding ortho intramolecular Hbond substituents is 1. The first kappa shape index (κ1) is 22.8. The van der Waals surface area contributed by atoms with Crippen LogP contribution in [0, 0.1) is 0 Å². The third kappa shape index (κ3) is 7.99. The van der Waals surface area contributed by atoms with E-state index in [1.807, 2.05) is 12.1 Å². The summed E-state index contributed by atoms with van der Waals surface area (Å²) in [5.41, 5.74) is 0.900. The molecular weight excluding hydrogens is 443 g/mol. The van der Waals surface area contributed by atoms with Crippen molar-refractivity contribution in [2.45, 2.75) is 32.6 Å². The van der Waals surface area contributed by atoms with Gasteiger partial charge in [0.05, 0.1) is 13.7 Å². The van der Waals surface area contributed by atoms with Crippen LogP contribution in [0.2, 0.25) is 0 Å². The molecule has 1 heterocycles. The molecule has 0 unspecified atom stereocenters. The van der Waals surface area contributed by atoms with Crippen LogP contribution < -0.4 is 15.4 Å². The fourth-order valence-electron chi connectivity index (χ4n) is 3.03. The third-order valence-electron chi connectivity index (χ3n) is 4.46. The van der Waals surface area contributed by atoms with Crippen LogP contribution in [0.5, 0.6) is 11.5 Å². The first-order valence-electron chi connectivity index (χ1n) is 9.33. The summed E-state index contributed by atoms with van der Waals surface area (Å²) >= 11 is 0. The number of hydrogen-bond donors (Lipinski definition) is 3. The molecule has 0 radical (unpaired) electrons. The lowest BCUT2D eigenvalue weighted by atomic mass is 10.1. The molecule has 0 aliphatic carbocycles. The molecule has 0 saturated carbocycles. The minimum absolute atomic E-state index is 0. The number of nitrogens with one attached hydrogen (secondary N) is 2. The van der Waals surface area contributed by atoms with E-state index in [1.54, 1.807) is 13.2 Å². The largest absolute Gasteiger partial charge is 0.508 e. The van der Waals surface area contributed by atoms with Crippen molar-refractivity contribution < 1.29 is 9.84 Å². The molecule has 1 aliphatic rings. The van der Waals surface area contributed by atoms with E-state index in [4.69, 9.17) is 4.74 Å². The van der Waals surface area contributed by atoms with Crippen LogP contribution in [0.1, 0.15) is 31.7 Å². The smallest absolute Gasteiger partial charge is 0.191 e. The Bertz CT molecular complexity index is 548. The van der Waals surface area contributed by atoms with Crippen LogP contribution in [0.3, 0.4) is 0 Å². The van der Waals surface area contributed by atoms with E-state index < -0.39 is 0 Å². The highest BCUT2D eigenvalue weighted by atomic mass is 127. The van der Waals surface area contributed by atoms with E-state index in [2.05, 4.69) is 27.4 Å². The number of piperidine rings is 1. The molecule has 26 heavy (non-hydrogen) atoms. The second kappa shape index (κ2) is 13.0. The quantitative estimate of drug-likeness (QED) is 0.306. The summed E-state index contributed by atoms with van der Waals surface area (Å²) in [7, 11) is 1.60. The van der Waals surface area contributed by atoms with E-state index in [0.717, 1.165) is 44.1 Å². The van der Waals surface area contributed by atoms with E-state index in [1.165, 1.54) is 32.4 Å². The van der Waals surface area contributed by atoms with E-state index in [9.17, 15) is 5.11 Å². The van der Waals surface area contributed by atoms with Gasteiger partial charge in [-0.25, -0.2) is 0 Å². The number of likely N-dealkylation sites (tertiary alicyclic amines) is 1. The van der Waals surface area contributed by atoms with E-state index in [0.29, 0.717) is 5.75 Å². The SMILES string of the molecule is CCNC(=NCCN1CCCCC1)NCCc1ccc(OC)cc1O.I. The molecule has 2 rings (SSSR count). The van der Waals surface area contributed by atoms with Crippen LogP contribution in [-0.2, 0) is 6.42 Å². The lowest BCUT2D eigenvalue weighted by molar-refractivity contribution is 0.235. The van der Waals surface area contributed by atoms with E-state index >= 15 is 0 Å². The minimum atomic E-state index is 0. The highest BCUT2D eigenvalue weighted by Gasteiger charge is 2.09. The van der Waals surface area contributed by atoms with Gasteiger partial charge in [0.2, 0.25) is 0 Å². The molecule has 148 valence electrons. The Morgan fingerprint density at radius 1 is 1.23 bits per heavy atom. The molecule has 1 saturated heterocycles. The normalized spacial score (nSPS) is 15.2. The number of ether oxygens (including phenoxy) is 1. The van der Waals surface area contributed by atoms with Gasteiger partial charge < -0.3 is 25.4 Å². The van der Waals surface area contributed by atoms with Gasteiger partial charge in [-0.1, -0.05) is 12.5 Å². The Labute approximate surface area is 174 Å². The fraction of sp³-hybridized carbons (Fsp3) is 0.632. The number of phenols is 1. The number of guanidine groups is 1. The Kier molecular flexibility index (Phi) is 11.4. The van der Waals surface area contributed by atoms with Gasteiger partial charge in [0.25, 0.3) is 0 Å². The second-order valence-corrected chi connectivity index (χ2v) is 6.33. The molecule has 0 aromatic heterocycles. The Morgan fingerprint density at radius 3 is 2.65 bits per heavy atom. The van der Waals surface area contributed by atoms with Crippen LogP contribution >= 0.6 is 24.0 Å². The summed E-state index contributed by atoms with van der Waals surface area (Å²) in [6, 6.07) is 5.41. The average molecular weight is 476 g/mol. The van der Waals surface area contributed by atoms with Crippen molar-refractivity contribution in [2.24, 2.45) is 4.99 Å². The van der Waals surface area contributed by atoms with Crippen molar-refractivity contribution in [1.82, 2.24) is 15.5 Å². The van der Waals surface area contributed by atoms with Gasteiger partial charge in [-0.05, 0) is 50.9 Å². The summed E-state index contributed by atoms with van der Waals surface area (Å²) in [4.78, 5) is 7.15. The fourth-order valence-corrected chi connectivity index (χ4v) is 3.03. The van der Waals surface area contributed by atoms with Gasteiger partial charge in [0.15, 0.2) is 5.96 Å². The molecule has 3 N–H and O–H groups in total. The average Bonchev–Trinajstić information content (AvgIpc) is 2.64. The van der Waals surface area contributed by atoms with Crippen LogP contribution in [0.4, 0.5) is 0 Å². The van der Waals surface area contributed by atoms with Gasteiger partial charge >= 0.3 is 0 Å². The third-order valence-corrected chi connectivity index (χ3v) is 4.46. The van der Waals surface area contributed by atoms with Crippen molar-refractivity contribution in [3.8, 4) is 11.5 Å². The highest BCUT2D eigenvalue weighted by Crippen LogP contribution is 2.23. The standard InChI is InChI=1S/C19H32N4O2.HI/c1-3-20-19(22-11-14-23-12-5-4-6-13-23)21-10-9-16-7-8-17(25-2)15-18(16)24;/h7-8,15,24H,3-6,9-14H2,1-2H3,(H2,20,21,22);1H. The first-order valence-corrected chi connectivity index (χ1v) is 9.33. The Balaban J connectivity index is 0.00000338. The van der Waals surface area contributed by atoms with Gasteiger partial charge in [-0.15, -0.1) is 24.0 Å². The summed E-state index contributed by atoms with van der Waals surface area (Å²) in [6.45, 7) is 7.86. The molecule has 0 spiro atoms. The van der Waals surface area contributed by atoms with Crippen molar-refractivity contribution in [3.05, 3.63) is 23.8 Å². The number of aliphatic imine (C=N–C) groups is 1. The summed E-state index contributed by atoms with van der Waals surface area (Å²) in [6.07, 6.45) is 4.72. The summed E-state index contributed by atoms with van der Waals surface area (Å²) in [5.74, 6) is 1.78. The van der Waals surface area contributed by atoms with Crippen LogP contribution in [0.25, 0.3) is 0 Å². The number of nitrogens with zero attached hydrogens (tertiary/aromatic N) is 2. The maximum atomic E-state index is 10.0. The number of halogens is 1.